The molecule has 152 valence electrons. The van der Waals surface area contributed by atoms with Gasteiger partial charge in [-0.1, -0.05) is 0 Å². The van der Waals surface area contributed by atoms with Crippen molar-refractivity contribution in [2.75, 3.05) is 38.2 Å². The Balaban J connectivity index is 1.37. The smallest absolute Gasteiger partial charge is 0.200 e. The van der Waals surface area contributed by atoms with Gasteiger partial charge in [0.15, 0.2) is 11.5 Å². The minimum Gasteiger partial charge on any atom is -0.504 e. The molecule has 3 aromatic rings. The molecule has 0 bridgehead atoms. The third kappa shape index (κ3) is 2.88. The number of nitrogens with zero attached hydrogens (tertiary/aromatic N) is 3. The zero-order valence-electron chi connectivity index (χ0n) is 16.9. The molecule has 3 N–H and O–H groups in total. The van der Waals surface area contributed by atoms with E-state index in [-0.39, 0.29) is 17.2 Å². The van der Waals surface area contributed by atoms with Gasteiger partial charge in [-0.3, -0.25) is 4.90 Å². The number of phenols is 2. The van der Waals surface area contributed by atoms with Crippen molar-refractivity contribution in [1.29, 1.82) is 0 Å². The Morgan fingerprint density at radius 3 is 2.55 bits per heavy atom. The molecule has 7 heteroatoms. The average Bonchev–Trinajstić information content (AvgIpc) is 3.04. The zero-order chi connectivity index (χ0) is 20.3. The van der Waals surface area contributed by atoms with Crippen molar-refractivity contribution in [3.63, 3.8) is 0 Å². The number of aromatic hydroxyl groups is 2. The second kappa shape index (κ2) is 6.29. The van der Waals surface area contributed by atoms with Crippen molar-refractivity contribution < 1.29 is 14.9 Å². The fourth-order valence-corrected chi connectivity index (χ4v) is 4.54. The summed E-state index contributed by atoms with van der Waals surface area (Å²) < 4.78 is 5.13. The van der Waals surface area contributed by atoms with E-state index in [1.165, 1.54) is 32.0 Å². The number of anilines is 1. The molecule has 1 aromatic heterocycles. The van der Waals surface area contributed by atoms with Crippen LogP contribution in [0.5, 0.6) is 17.2 Å². The largest absolute Gasteiger partial charge is 0.504 e. The van der Waals surface area contributed by atoms with Crippen LogP contribution in [0.2, 0.25) is 0 Å². The molecule has 0 amide bonds. The summed E-state index contributed by atoms with van der Waals surface area (Å²) in [6.45, 7) is 9.12. The first-order valence-corrected chi connectivity index (χ1v) is 9.97. The first-order valence-electron chi connectivity index (χ1n) is 9.97. The predicted octanol–water partition coefficient (Wildman–Crippen LogP) is 3.18. The number of rotatable bonds is 4. The molecule has 29 heavy (non-hydrogen) atoms. The van der Waals surface area contributed by atoms with Gasteiger partial charge in [0.05, 0.1) is 18.1 Å². The van der Waals surface area contributed by atoms with E-state index in [0.29, 0.717) is 22.8 Å². The van der Waals surface area contributed by atoms with Crippen molar-refractivity contribution in [2.24, 2.45) is 5.41 Å². The maximum Gasteiger partial charge on any atom is 0.200 e. The van der Waals surface area contributed by atoms with E-state index in [1.54, 1.807) is 6.07 Å². The van der Waals surface area contributed by atoms with Crippen LogP contribution < -0.4 is 9.64 Å². The molecule has 0 radical (unpaired) electrons. The molecule has 2 fully saturated rings. The third-order valence-corrected chi connectivity index (χ3v) is 6.24. The average molecular weight is 394 g/mol. The predicted molar refractivity (Wildman–Crippen MR) is 113 cm³/mol. The number of benzene rings is 2. The molecule has 0 atom stereocenters. The van der Waals surface area contributed by atoms with Crippen LogP contribution in [0.25, 0.3) is 22.4 Å². The van der Waals surface area contributed by atoms with E-state index in [1.807, 2.05) is 6.07 Å². The van der Waals surface area contributed by atoms with Gasteiger partial charge in [-0.2, -0.15) is 0 Å². The van der Waals surface area contributed by atoms with Gasteiger partial charge in [0.25, 0.3) is 0 Å². The second-order valence-electron chi connectivity index (χ2n) is 8.69. The van der Waals surface area contributed by atoms with Crippen molar-refractivity contribution >= 4 is 16.7 Å². The molecule has 1 spiro atoms. The number of likely N-dealkylation sites (tertiary alicyclic amines) is 1. The lowest BCUT2D eigenvalue weighted by Crippen LogP contribution is -2.73. The van der Waals surface area contributed by atoms with Gasteiger partial charge in [-0.15, -0.1) is 0 Å². The monoisotopic (exact) mass is 394 g/mol. The maximum absolute atomic E-state index is 9.95. The minimum absolute atomic E-state index is 0.211. The molecule has 0 unspecified atom stereocenters. The summed E-state index contributed by atoms with van der Waals surface area (Å²) in [5.74, 6) is 0.330. The third-order valence-electron chi connectivity index (χ3n) is 6.24. The molecule has 2 aromatic carbocycles. The number of hydrogen-bond donors (Lipinski definition) is 3. The molecule has 7 nitrogen and oxygen atoms in total. The summed E-state index contributed by atoms with van der Waals surface area (Å²) in [4.78, 5) is 12.9. The number of aromatic amines is 1. The molecule has 0 saturated carbocycles. The molecular formula is C22H26N4O3. The lowest BCUT2D eigenvalue weighted by atomic mass is 9.72. The number of fused-ring (bicyclic) bond motifs is 1. The fraction of sp³-hybridized carbons (Fsp3) is 0.409. The van der Waals surface area contributed by atoms with Gasteiger partial charge in [-0.05, 0) is 44.2 Å². The number of H-pyrrole nitrogens is 1. The summed E-state index contributed by atoms with van der Waals surface area (Å²) in [6, 6.07) is 10.0. The summed E-state index contributed by atoms with van der Waals surface area (Å²) in [7, 11) is 1.45. The SMILES string of the molecule is COc1cc(-c2nc3ccc(N4CC5(C4)CN(C(C)C)C5)cc3[nH]2)cc(O)c1O. The van der Waals surface area contributed by atoms with Gasteiger partial charge in [-0.25, -0.2) is 4.98 Å². The van der Waals surface area contributed by atoms with Crippen LogP contribution >= 0.6 is 0 Å². The van der Waals surface area contributed by atoms with E-state index in [4.69, 9.17) is 4.74 Å². The molecule has 0 aliphatic carbocycles. The highest BCUT2D eigenvalue weighted by molar-refractivity contribution is 5.83. The minimum atomic E-state index is -0.270. The van der Waals surface area contributed by atoms with Crippen LogP contribution in [0, 0.1) is 5.41 Å². The molecular weight excluding hydrogens is 368 g/mol. The van der Waals surface area contributed by atoms with Crippen LogP contribution in [-0.4, -0.2) is 64.4 Å². The summed E-state index contributed by atoms with van der Waals surface area (Å²) in [5.41, 5.74) is 4.13. The Labute approximate surface area is 169 Å². The van der Waals surface area contributed by atoms with E-state index in [9.17, 15) is 10.2 Å². The topological polar surface area (TPSA) is 84.9 Å². The van der Waals surface area contributed by atoms with E-state index in [0.717, 1.165) is 24.1 Å². The van der Waals surface area contributed by atoms with Crippen LogP contribution in [0.1, 0.15) is 13.8 Å². The Hall–Kier alpha value is -2.93. The fourth-order valence-electron chi connectivity index (χ4n) is 4.54. The van der Waals surface area contributed by atoms with E-state index >= 15 is 0 Å². The quantitative estimate of drug-likeness (QED) is 0.590. The lowest BCUT2D eigenvalue weighted by molar-refractivity contribution is -0.0411. The van der Waals surface area contributed by atoms with Crippen molar-refractivity contribution in [3.8, 4) is 28.6 Å². The first kappa shape index (κ1) is 18.1. The summed E-state index contributed by atoms with van der Waals surface area (Å²) >= 11 is 0. The number of methoxy groups -OCH3 is 1. The highest BCUT2D eigenvalue weighted by Crippen LogP contribution is 2.43. The first-order chi connectivity index (χ1) is 13.9. The molecule has 2 aliphatic heterocycles. The standard InChI is InChI=1S/C22H26N4O3/c1-13(2)25-9-22(10-25)11-26(12-22)15-4-5-16-17(8-15)24-21(23-16)14-6-18(27)20(28)19(7-14)29-3/h4-8,13,27-28H,9-12H2,1-3H3,(H,23,24). The second-order valence-corrected chi connectivity index (χ2v) is 8.69. The number of phenolic OH excluding ortho intramolecular Hbond substituents is 2. The Morgan fingerprint density at radius 1 is 1.10 bits per heavy atom. The maximum atomic E-state index is 9.95. The van der Waals surface area contributed by atoms with Gasteiger partial charge < -0.3 is 24.8 Å². The van der Waals surface area contributed by atoms with Crippen molar-refractivity contribution in [1.82, 2.24) is 14.9 Å². The van der Waals surface area contributed by atoms with Crippen LogP contribution in [-0.2, 0) is 0 Å². The van der Waals surface area contributed by atoms with Gasteiger partial charge in [0, 0.05) is 48.9 Å². The number of ether oxygens (including phenoxy) is 1. The van der Waals surface area contributed by atoms with Crippen LogP contribution in [0.3, 0.4) is 0 Å². The van der Waals surface area contributed by atoms with Crippen molar-refractivity contribution in [2.45, 2.75) is 19.9 Å². The van der Waals surface area contributed by atoms with Crippen LogP contribution in [0.15, 0.2) is 30.3 Å². The van der Waals surface area contributed by atoms with E-state index in [2.05, 4.69) is 45.7 Å². The number of imidazole rings is 1. The molecule has 2 saturated heterocycles. The highest BCUT2D eigenvalue weighted by Gasteiger charge is 2.52. The molecule has 2 aliphatic rings. The molecule has 5 rings (SSSR count). The van der Waals surface area contributed by atoms with Gasteiger partial charge in [0.1, 0.15) is 5.82 Å². The van der Waals surface area contributed by atoms with Crippen LogP contribution in [0.4, 0.5) is 5.69 Å². The zero-order valence-corrected chi connectivity index (χ0v) is 16.9. The summed E-state index contributed by atoms with van der Waals surface area (Å²) in [5, 5.41) is 19.8. The van der Waals surface area contributed by atoms with Gasteiger partial charge >= 0.3 is 0 Å². The Bertz CT molecular complexity index is 1080. The Morgan fingerprint density at radius 2 is 1.86 bits per heavy atom. The number of aromatic nitrogens is 2. The number of nitrogens with one attached hydrogen (secondary N) is 1. The summed E-state index contributed by atoms with van der Waals surface area (Å²) in [6.07, 6.45) is 0. The highest BCUT2D eigenvalue weighted by atomic mass is 16.5. The lowest BCUT2D eigenvalue weighted by Gasteiger charge is -2.62. The van der Waals surface area contributed by atoms with Crippen molar-refractivity contribution in [3.05, 3.63) is 30.3 Å². The Kier molecular flexibility index (Phi) is 3.93. The molecule has 3 heterocycles. The normalized spacial score (nSPS) is 18.3. The van der Waals surface area contributed by atoms with Gasteiger partial charge in [0.2, 0.25) is 5.75 Å². The van der Waals surface area contributed by atoms with E-state index < -0.39 is 0 Å². The number of hydrogen-bond acceptors (Lipinski definition) is 6.